The summed E-state index contributed by atoms with van der Waals surface area (Å²) in [6.07, 6.45) is 4.03. The van der Waals surface area contributed by atoms with Crippen molar-refractivity contribution in [2.45, 2.75) is 6.42 Å². The zero-order valence-electron chi connectivity index (χ0n) is 7.89. The summed E-state index contributed by atoms with van der Waals surface area (Å²) >= 11 is 5.47. The van der Waals surface area contributed by atoms with Crippen LogP contribution in [0.4, 0.5) is 5.69 Å². The van der Waals surface area contributed by atoms with Gasteiger partial charge in [-0.05, 0) is 12.5 Å². The first kappa shape index (κ1) is 11.5. The lowest BCUT2D eigenvalue weighted by molar-refractivity contribution is -0.384. The highest BCUT2D eigenvalue weighted by atomic mass is 35.5. The fraction of sp³-hybridized carbons (Fsp3) is 0.200. The van der Waals surface area contributed by atoms with Crippen molar-refractivity contribution in [3.05, 3.63) is 40.0 Å². The van der Waals surface area contributed by atoms with E-state index in [4.69, 9.17) is 11.6 Å². The van der Waals surface area contributed by atoms with Gasteiger partial charge in [-0.2, -0.15) is 0 Å². The van der Waals surface area contributed by atoms with E-state index in [2.05, 4.69) is 0 Å². The fourth-order valence-electron chi connectivity index (χ4n) is 1.06. The molecule has 1 rings (SSSR count). The highest BCUT2D eigenvalue weighted by Crippen LogP contribution is 2.24. The van der Waals surface area contributed by atoms with Crippen molar-refractivity contribution in [1.82, 2.24) is 0 Å². The molecular formula is C10H10ClNO3. The van der Waals surface area contributed by atoms with Gasteiger partial charge in [0.15, 0.2) is 0 Å². The number of rotatable bonds is 4. The second kappa shape index (κ2) is 5.36. The molecule has 0 spiro atoms. The Kier molecular flexibility index (Phi) is 4.12. The third-order valence-corrected chi connectivity index (χ3v) is 2.01. The van der Waals surface area contributed by atoms with Crippen LogP contribution >= 0.6 is 11.6 Å². The number of phenols is 1. The summed E-state index contributed by atoms with van der Waals surface area (Å²) in [5.41, 5.74) is 0.382. The van der Waals surface area contributed by atoms with Gasteiger partial charge in [-0.15, -0.1) is 11.6 Å². The molecule has 0 radical (unpaired) electrons. The minimum absolute atomic E-state index is 0.0198. The van der Waals surface area contributed by atoms with Crippen LogP contribution in [0.3, 0.4) is 0 Å². The monoisotopic (exact) mass is 227 g/mol. The molecule has 1 aromatic carbocycles. The highest BCUT2D eigenvalue weighted by Gasteiger charge is 2.07. The van der Waals surface area contributed by atoms with Crippen LogP contribution in [-0.4, -0.2) is 15.9 Å². The Hall–Kier alpha value is -1.55. The predicted molar refractivity (Wildman–Crippen MR) is 59.1 cm³/mol. The van der Waals surface area contributed by atoms with E-state index in [9.17, 15) is 15.2 Å². The number of aromatic hydroxyl groups is 1. The summed E-state index contributed by atoms with van der Waals surface area (Å²) in [6, 6.07) is 3.88. The number of hydrogen-bond donors (Lipinski definition) is 1. The molecule has 1 N–H and O–H groups in total. The van der Waals surface area contributed by atoms with Crippen molar-refractivity contribution in [1.29, 1.82) is 0 Å². The molecular weight excluding hydrogens is 218 g/mol. The molecule has 0 heterocycles. The Balaban J connectivity index is 2.95. The van der Waals surface area contributed by atoms with Crippen molar-refractivity contribution >= 4 is 23.4 Å². The van der Waals surface area contributed by atoms with Crippen molar-refractivity contribution in [2.75, 3.05) is 5.88 Å². The molecule has 0 unspecified atom stereocenters. The number of alkyl halides is 1. The van der Waals surface area contributed by atoms with Gasteiger partial charge in [0.05, 0.1) is 4.92 Å². The minimum atomic E-state index is -0.502. The predicted octanol–water partition coefficient (Wildman–Crippen LogP) is 2.94. The molecule has 80 valence electrons. The molecule has 0 saturated carbocycles. The van der Waals surface area contributed by atoms with E-state index >= 15 is 0 Å². The summed E-state index contributed by atoms with van der Waals surface area (Å²) in [7, 11) is 0. The summed E-state index contributed by atoms with van der Waals surface area (Å²) in [4.78, 5) is 9.97. The molecule has 15 heavy (non-hydrogen) atoms. The highest BCUT2D eigenvalue weighted by molar-refractivity contribution is 6.17. The first-order chi connectivity index (χ1) is 7.15. The third-order valence-electron chi connectivity index (χ3n) is 1.80. The lowest BCUT2D eigenvalue weighted by Gasteiger charge is -1.98. The largest absolute Gasteiger partial charge is 0.507 e. The second-order valence-electron chi connectivity index (χ2n) is 2.88. The summed E-state index contributed by atoms with van der Waals surface area (Å²) in [6.45, 7) is 0. The smallest absolute Gasteiger partial charge is 0.270 e. The van der Waals surface area contributed by atoms with Crippen molar-refractivity contribution in [3.63, 3.8) is 0 Å². The average Bonchev–Trinajstić information content (AvgIpc) is 2.20. The van der Waals surface area contributed by atoms with Crippen LogP contribution in [0.25, 0.3) is 6.08 Å². The molecule has 1 aromatic rings. The molecule has 0 fully saturated rings. The van der Waals surface area contributed by atoms with Gasteiger partial charge in [-0.1, -0.05) is 12.2 Å². The topological polar surface area (TPSA) is 63.4 Å². The molecule has 0 aliphatic heterocycles. The van der Waals surface area contributed by atoms with Crippen LogP contribution in [0, 0.1) is 10.1 Å². The number of allylic oxidation sites excluding steroid dienone is 1. The summed E-state index contributed by atoms with van der Waals surface area (Å²) < 4.78 is 0. The fourth-order valence-corrected chi connectivity index (χ4v) is 1.19. The number of non-ortho nitro benzene ring substituents is 1. The van der Waals surface area contributed by atoms with E-state index in [1.54, 1.807) is 12.2 Å². The lowest BCUT2D eigenvalue weighted by Crippen LogP contribution is -1.88. The Morgan fingerprint density at radius 2 is 2.27 bits per heavy atom. The molecule has 0 amide bonds. The van der Waals surface area contributed by atoms with Crippen molar-refractivity contribution in [3.8, 4) is 5.75 Å². The Bertz CT molecular complexity index is 390. The van der Waals surface area contributed by atoms with E-state index in [1.807, 2.05) is 0 Å². The van der Waals surface area contributed by atoms with E-state index < -0.39 is 4.92 Å². The minimum Gasteiger partial charge on any atom is -0.507 e. The van der Waals surface area contributed by atoms with Crippen LogP contribution in [0.15, 0.2) is 24.3 Å². The maximum Gasteiger partial charge on any atom is 0.270 e. The maximum absolute atomic E-state index is 10.5. The molecule has 5 heteroatoms. The number of hydrogen-bond acceptors (Lipinski definition) is 3. The average molecular weight is 228 g/mol. The number of halogens is 1. The van der Waals surface area contributed by atoms with E-state index in [0.29, 0.717) is 17.9 Å². The number of benzene rings is 1. The maximum atomic E-state index is 10.5. The van der Waals surface area contributed by atoms with Crippen LogP contribution in [0.5, 0.6) is 5.75 Å². The van der Waals surface area contributed by atoms with Crippen LogP contribution in [-0.2, 0) is 0 Å². The van der Waals surface area contributed by atoms with Gasteiger partial charge in [-0.25, -0.2) is 0 Å². The molecule has 0 aliphatic carbocycles. The van der Waals surface area contributed by atoms with Crippen molar-refractivity contribution < 1.29 is 10.0 Å². The van der Waals surface area contributed by atoms with Gasteiger partial charge in [0.25, 0.3) is 5.69 Å². The van der Waals surface area contributed by atoms with Crippen molar-refractivity contribution in [2.24, 2.45) is 0 Å². The van der Waals surface area contributed by atoms with Gasteiger partial charge >= 0.3 is 0 Å². The number of nitrogens with zero attached hydrogens (tertiary/aromatic N) is 1. The number of nitro benzene ring substituents is 1. The Morgan fingerprint density at radius 1 is 1.53 bits per heavy atom. The second-order valence-corrected chi connectivity index (χ2v) is 3.26. The normalized spacial score (nSPS) is 10.7. The Morgan fingerprint density at radius 3 is 2.87 bits per heavy atom. The third kappa shape index (κ3) is 3.25. The van der Waals surface area contributed by atoms with Gasteiger partial charge in [-0.3, -0.25) is 10.1 Å². The quantitative estimate of drug-likeness (QED) is 0.489. The van der Waals surface area contributed by atoms with Gasteiger partial charge in [0.1, 0.15) is 5.75 Å². The van der Waals surface area contributed by atoms with Crippen LogP contribution in [0.2, 0.25) is 0 Å². The molecule has 0 atom stereocenters. The standard InChI is InChI=1S/C10H10ClNO3/c11-6-2-1-3-8-7-9(12(14)15)4-5-10(8)13/h1,3-5,7,13H,2,6H2. The van der Waals surface area contributed by atoms with Gasteiger partial charge < -0.3 is 5.11 Å². The lowest BCUT2D eigenvalue weighted by atomic mass is 10.1. The van der Waals surface area contributed by atoms with E-state index in [1.165, 1.54) is 18.2 Å². The molecule has 0 aliphatic rings. The molecule has 0 aromatic heterocycles. The first-order valence-electron chi connectivity index (χ1n) is 4.35. The van der Waals surface area contributed by atoms with Gasteiger partial charge in [0.2, 0.25) is 0 Å². The summed E-state index contributed by atoms with van der Waals surface area (Å²) in [5.74, 6) is 0.498. The zero-order valence-corrected chi connectivity index (χ0v) is 8.65. The van der Waals surface area contributed by atoms with E-state index in [0.717, 1.165) is 0 Å². The zero-order chi connectivity index (χ0) is 11.3. The number of nitro groups is 1. The Labute approximate surface area is 92.0 Å². The van der Waals surface area contributed by atoms with Crippen LogP contribution < -0.4 is 0 Å². The van der Waals surface area contributed by atoms with E-state index in [-0.39, 0.29) is 11.4 Å². The number of phenolic OH excluding ortho intramolecular Hbond substituents is 1. The SMILES string of the molecule is O=[N+]([O-])c1ccc(O)c(C=CCCCl)c1. The molecule has 0 bridgehead atoms. The molecule has 4 nitrogen and oxygen atoms in total. The first-order valence-corrected chi connectivity index (χ1v) is 4.88. The van der Waals surface area contributed by atoms with Gasteiger partial charge in [0, 0.05) is 23.6 Å². The summed E-state index contributed by atoms with van der Waals surface area (Å²) in [5, 5.41) is 19.9. The molecule has 0 saturated heterocycles. The van der Waals surface area contributed by atoms with Crippen LogP contribution in [0.1, 0.15) is 12.0 Å².